The molecule has 1 fully saturated rings. The van der Waals surface area contributed by atoms with Gasteiger partial charge in [0.2, 0.25) is 0 Å². The number of morpholine rings is 1. The van der Waals surface area contributed by atoms with E-state index in [2.05, 4.69) is 4.98 Å². The molecule has 6 heteroatoms. The Balaban J connectivity index is 2.27. The summed E-state index contributed by atoms with van der Waals surface area (Å²) in [5.74, 6) is -0.481. The third kappa shape index (κ3) is 2.25. The van der Waals surface area contributed by atoms with Crippen LogP contribution in [0.3, 0.4) is 0 Å². The third-order valence-corrected chi connectivity index (χ3v) is 2.67. The van der Waals surface area contributed by atoms with E-state index in [9.17, 15) is 4.79 Å². The summed E-state index contributed by atoms with van der Waals surface area (Å²) in [6, 6.07) is 3.28. The number of aromatic nitrogens is 1. The largest absolute Gasteiger partial charge is 0.476 e. The van der Waals surface area contributed by atoms with Crippen LogP contribution in [0.1, 0.15) is 10.5 Å². The van der Waals surface area contributed by atoms with E-state index < -0.39 is 5.97 Å². The summed E-state index contributed by atoms with van der Waals surface area (Å²) in [6.07, 6.45) is 0. The Bertz CT molecular complexity index is 405. The van der Waals surface area contributed by atoms with Crippen molar-refractivity contribution in [2.45, 2.75) is 0 Å². The van der Waals surface area contributed by atoms with Crippen LogP contribution < -0.4 is 4.90 Å². The lowest BCUT2D eigenvalue weighted by molar-refractivity contribution is 0.0690. The first-order valence-electron chi connectivity index (χ1n) is 4.91. The number of nitrogens with zero attached hydrogens (tertiary/aromatic N) is 2. The van der Waals surface area contributed by atoms with Crippen LogP contribution in [0.4, 0.5) is 5.82 Å². The number of ether oxygens (including phenoxy) is 1. The van der Waals surface area contributed by atoms with Gasteiger partial charge in [0.15, 0.2) is 5.69 Å². The van der Waals surface area contributed by atoms with Gasteiger partial charge in [0.25, 0.3) is 0 Å². The first-order valence-corrected chi connectivity index (χ1v) is 5.29. The second-order valence-corrected chi connectivity index (χ2v) is 3.81. The van der Waals surface area contributed by atoms with Gasteiger partial charge < -0.3 is 14.7 Å². The molecule has 0 unspecified atom stereocenters. The monoisotopic (exact) mass is 242 g/mol. The van der Waals surface area contributed by atoms with Crippen LogP contribution in [0.2, 0.25) is 5.02 Å². The normalized spacial score (nSPS) is 16.2. The Hall–Kier alpha value is -1.33. The van der Waals surface area contributed by atoms with Crippen LogP contribution in [-0.4, -0.2) is 42.4 Å². The van der Waals surface area contributed by atoms with E-state index in [-0.39, 0.29) is 10.7 Å². The van der Waals surface area contributed by atoms with Crippen molar-refractivity contribution in [1.29, 1.82) is 0 Å². The second kappa shape index (κ2) is 4.67. The molecule has 0 atom stereocenters. The maximum atomic E-state index is 10.9. The molecule has 0 bridgehead atoms. The molecule has 1 aromatic heterocycles. The maximum absolute atomic E-state index is 10.9. The molecule has 1 aliphatic rings. The quantitative estimate of drug-likeness (QED) is 0.846. The maximum Gasteiger partial charge on any atom is 0.356 e. The predicted octanol–water partition coefficient (Wildman–Crippen LogP) is 1.27. The summed E-state index contributed by atoms with van der Waals surface area (Å²) < 4.78 is 5.21. The Labute approximate surface area is 97.6 Å². The fourth-order valence-corrected chi connectivity index (χ4v) is 1.74. The number of halogens is 1. The van der Waals surface area contributed by atoms with Gasteiger partial charge in [-0.25, -0.2) is 9.78 Å². The molecule has 0 spiro atoms. The van der Waals surface area contributed by atoms with Crippen LogP contribution in [0.25, 0.3) is 0 Å². The predicted molar refractivity (Wildman–Crippen MR) is 59.2 cm³/mol. The molecule has 0 aromatic carbocycles. The van der Waals surface area contributed by atoms with Gasteiger partial charge in [0.05, 0.1) is 18.2 Å². The van der Waals surface area contributed by atoms with Crippen molar-refractivity contribution >= 4 is 23.4 Å². The highest BCUT2D eigenvalue weighted by Gasteiger charge is 2.16. The first-order chi connectivity index (χ1) is 7.68. The molecule has 5 nitrogen and oxygen atoms in total. The Morgan fingerprint density at radius 1 is 1.44 bits per heavy atom. The number of carboxylic acids is 1. The summed E-state index contributed by atoms with van der Waals surface area (Å²) in [6.45, 7) is 2.70. The molecule has 1 saturated heterocycles. The molecule has 2 heterocycles. The molecule has 86 valence electrons. The Kier molecular flexibility index (Phi) is 3.26. The van der Waals surface area contributed by atoms with E-state index in [0.29, 0.717) is 32.1 Å². The van der Waals surface area contributed by atoms with Crippen molar-refractivity contribution in [2.75, 3.05) is 31.2 Å². The van der Waals surface area contributed by atoms with E-state index in [1.54, 1.807) is 12.1 Å². The molecule has 0 aliphatic carbocycles. The van der Waals surface area contributed by atoms with Gasteiger partial charge in [-0.2, -0.15) is 0 Å². The molecule has 0 saturated carbocycles. The number of pyridine rings is 1. The number of aromatic carboxylic acids is 1. The zero-order chi connectivity index (χ0) is 11.5. The van der Waals surface area contributed by atoms with Gasteiger partial charge in [-0.05, 0) is 12.1 Å². The number of hydrogen-bond donors (Lipinski definition) is 1. The van der Waals surface area contributed by atoms with Crippen LogP contribution >= 0.6 is 11.6 Å². The minimum Gasteiger partial charge on any atom is -0.476 e. The minimum atomic E-state index is -1.11. The average Bonchev–Trinajstić information content (AvgIpc) is 2.30. The molecule has 0 amide bonds. The van der Waals surface area contributed by atoms with Crippen molar-refractivity contribution in [2.24, 2.45) is 0 Å². The Morgan fingerprint density at radius 2 is 2.12 bits per heavy atom. The molecular formula is C10H11ClN2O3. The molecule has 1 N–H and O–H groups in total. The second-order valence-electron chi connectivity index (χ2n) is 3.40. The van der Waals surface area contributed by atoms with Crippen molar-refractivity contribution < 1.29 is 14.6 Å². The third-order valence-electron chi connectivity index (χ3n) is 2.37. The lowest BCUT2D eigenvalue weighted by atomic mass is 10.3. The standard InChI is InChI=1S/C10H11ClN2O3/c11-7-1-2-8(12-9(7)10(14)15)13-3-5-16-6-4-13/h1-2H,3-6H2,(H,14,15). The van der Waals surface area contributed by atoms with Crippen LogP contribution in [-0.2, 0) is 4.74 Å². The highest BCUT2D eigenvalue weighted by Crippen LogP contribution is 2.20. The molecular weight excluding hydrogens is 232 g/mol. The Morgan fingerprint density at radius 3 is 2.75 bits per heavy atom. The molecule has 2 rings (SSSR count). The van der Waals surface area contributed by atoms with Crippen molar-refractivity contribution in [1.82, 2.24) is 4.98 Å². The van der Waals surface area contributed by atoms with E-state index in [1.807, 2.05) is 4.90 Å². The van der Waals surface area contributed by atoms with Gasteiger partial charge in [0.1, 0.15) is 5.82 Å². The number of carbonyl (C=O) groups is 1. The van der Waals surface area contributed by atoms with E-state index in [1.165, 1.54) is 0 Å². The van der Waals surface area contributed by atoms with Gasteiger partial charge in [-0.1, -0.05) is 11.6 Å². The van der Waals surface area contributed by atoms with Gasteiger partial charge in [-0.15, -0.1) is 0 Å². The summed E-state index contributed by atoms with van der Waals surface area (Å²) in [5, 5.41) is 9.06. The summed E-state index contributed by atoms with van der Waals surface area (Å²) in [5.41, 5.74) is -0.106. The van der Waals surface area contributed by atoms with Gasteiger partial charge >= 0.3 is 5.97 Å². The van der Waals surface area contributed by atoms with Crippen LogP contribution in [0, 0.1) is 0 Å². The molecule has 1 aromatic rings. The summed E-state index contributed by atoms with van der Waals surface area (Å²) in [7, 11) is 0. The zero-order valence-electron chi connectivity index (χ0n) is 8.52. The van der Waals surface area contributed by atoms with E-state index >= 15 is 0 Å². The average molecular weight is 243 g/mol. The summed E-state index contributed by atoms with van der Waals surface area (Å²) >= 11 is 5.74. The SMILES string of the molecule is O=C(O)c1nc(N2CCOCC2)ccc1Cl. The van der Waals surface area contributed by atoms with Crippen molar-refractivity contribution in [3.63, 3.8) is 0 Å². The van der Waals surface area contributed by atoms with Crippen molar-refractivity contribution in [3.8, 4) is 0 Å². The molecule has 0 radical (unpaired) electrons. The van der Waals surface area contributed by atoms with Gasteiger partial charge in [0, 0.05) is 13.1 Å². The van der Waals surface area contributed by atoms with Crippen molar-refractivity contribution in [3.05, 3.63) is 22.8 Å². The topological polar surface area (TPSA) is 62.7 Å². The minimum absolute atomic E-state index is 0.106. The lowest BCUT2D eigenvalue weighted by Gasteiger charge is -2.27. The fourth-order valence-electron chi connectivity index (χ4n) is 1.55. The smallest absolute Gasteiger partial charge is 0.356 e. The first kappa shape index (κ1) is 11.2. The molecule has 1 aliphatic heterocycles. The zero-order valence-corrected chi connectivity index (χ0v) is 9.28. The number of carboxylic acid groups (broad SMARTS) is 1. The number of rotatable bonds is 2. The highest BCUT2D eigenvalue weighted by atomic mass is 35.5. The highest BCUT2D eigenvalue weighted by molar-refractivity contribution is 6.33. The number of hydrogen-bond acceptors (Lipinski definition) is 4. The van der Waals surface area contributed by atoms with Gasteiger partial charge in [-0.3, -0.25) is 0 Å². The molecule has 16 heavy (non-hydrogen) atoms. The number of anilines is 1. The van der Waals surface area contributed by atoms with E-state index in [0.717, 1.165) is 0 Å². The fraction of sp³-hybridized carbons (Fsp3) is 0.400. The van der Waals surface area contributed by atoms with Crippen LogP contribution in [0.5, 0.6) is 0 Å². The van der Waals surface area contributed by atoms with E-state index in [4.69, 9.17) is 21.4 Å². The summed E-state index contributed by atoms with van der Waals surface area (Å²) in [4.78, 5) is 16.9. The van der Waals surface area contributed by atoms with Crippen LogP contribution in [0.15, 0.2) is 12.1 Å². The lowest BCUT2D eigenvalue weighted by Crippen LogP contribution is -2.36.